The second-order valence-electron chi connectivity index (χ2n) is 9.76. The molecule has 0 saturated carbocycles. The number of hydrogen-bond acceptors (Lipinski definition) is 9. The molecule has 43 heavy (non-hydrogen) atoms. The number of amides is 2. The number of rotatable bonds is 14. The summed E-state index contributed by atoms with van der Waals surface area (Å²) in [6.45, 7) is 1.53. The van der Waals surface area contributed by atoms with Gasteiger partial charge in [-0.2, -0.15) is 5.10 Å². The number of nitrogens with zero attached hydrogens (tertiary/aromatic N) is 3. The minimum Gasteiger partial charge on any atom is -0.493 e. The molecule has 0 aliphatic carbocycles. The maximum atomic E-state index is 11.9. The zero-order valence-corrected chi connectivity index (χ0v) is 24.1. The van der Waals surface area contributed by atoms with Crippen LogP contribution in [0.25, 0.3) is 0 Å². The molecule has 1 atom stereocenters. The fourth-order valence-corrected chi connectivity index (χ4v) is 4.74. The second kappa shape index (κ2) is 14.5. The number of nitrogen functional groups attached to an aromatic ring is 1. The number of carbonyl (C=O) groups is 3. The molecule has 1 unspecified atom stereocenters. The highest BCUT2D eigenvalue weighted by Gasteiger charge is 2.23. The second-order valence-corrected chi connectivity index (χ2v) is 9.76. The smallest absolute Gasteiger partial charge is 0.222 e. The predicted molar refractivity (Wildman–Crippen MR) is 165 cm³/mol. The summed E-state index contributed by atoms with van der Waals surface area (Å²) < 4.78 is 11.6. The van der Waals surface area contributed by atoms with E-state index in [0.29, 0.717) is 65.5 Å². The van der Waals surface area contributed by atoms with Gasteiger partial charge in [-0.1, -0.05) is 18.2 Å². The standard InChI is InChI=1S/C31H35N7O5/c1-37(25-7-4-3-6-23(25)19-39)36-31(34-20-40)29(35-24-12-9-21(10-13-24)30(32)33)22-11-14-26(27(18-22)42-2)43-17-16-38-15-5-8-28(38)41/h3-4,6-7,9-14,18-20,29,35H,5,8,15-17H2,1-2H3,(H3,32,33)(H,34,36,40). The summed E-state index contributed by atoms with van der Waals surface area (Å²) >= 11 is 0. The van der Waals surface area contributed by atoms with Crippen molar-refractivity contribution in [1.82, 2.24) is 10.2 Å². The van der Waals surface area contributed by atoms with E-state index in [1.165, 1.54) is 12.1 Å². The quantitative estimate of drug-likeness (QED) is 0.0971. The van der Waals surface area contributed by atoms with Crippen molar-refractivity contribution in [2.75, 3.05) is 44.2 Å². The monoisotopic (exact) mass is 585 g/mol. The van der Waals surface area contributed by atoms with Gasteiger partial charge in [0.1, 0.15) is 18.5 Å². The van der Waals surface area contributed by atoms with Crippen LogP contribution in [0.4, 0.5) is 11.4 Å². The summed E-state index contributed by atoms with van der Waals surface area (Å²) in [6.07, 6.45) is 2.69. The number of ether oxygens (including phenoxy) is 2. The van der Waals surface area contributed by atoms with Crippen molar-refractivity contribution in [1.29, 1.82) is 5.41 Å². The van der Waals surface area contributed by atoms with Crippen LogP contribution in [-0.2, 0) is 9.59 Å². The summed E-state index contributed by atoms with van der Waals surface area (Å²) in [5, 5.41) is 20.0. The first-order valence-electron chi connectivity index (χ1n) is 13.7. The van der Waals surface area contributed by atoms with Crippen molar-refractivity contribution in [3.8, 4) is 11.5 Å². The van der Waals surface area contributed by atoms with E-state index in [1.54, 1.807) is 72.6 Å². The number of carbonyl (C=O) groups excluding carboxylic acids is 3. The van der Waals surface area contributed by atoms with Crippen molar-refractivity contribution in [3.63, 3.8) is 0 Å². The molecule has 1 heterocycles. The van der Waals surface area contributed by atoms with Gasteiger partial charge < -0.3 is 30.7 Å². The Morgan fingerprint density at radius 1 is 1.14 bits per heavy atom. The van der Waals surface area contributed by atoms with Crippen LogP contribution in [0, 0.1) is 5.41 Å². The highest BCUT2D eigenvalue weighted by atomic mass is 16.5. The molecule has 12 nitrogen and oxygen atoms in total. The van der Waals surface area contributed by atoms with Gasteiger partial charge in [-0.25, -0.2) is 0 Å². The zero-order chi connectivity index (χ0) is 30.8. The number of anilines is 2. The van der Waals surface area contributed by atoms with E-state index in [-0.39, 0.29) is 17.6 Å². The summed E-state index contributed by atoms with van der Waals surface area (Å²) in [7, 11) is 3.21. The first kappa shape index (κ1) is 30.6. The summed E-state index contributed by atoms with van der Waals surface area (Å²) in [6, 6.07) is 18.6. The molecule has 2 amide bonds. The Labute approximate surface area is 250 Å². The number of hydrazone groups is 1. The number of benzene rings is 3. The summed E-state index contributed by atoms with van der Waals surface area (Å²) in [5.41, 5.74) is 8.51. The van der Waals surface area contributed by atoms with E-state index in [2.05, 4.69) is 15.7 Å². The molecule has 0 spiro atoms. The van der Waals surface area contributed by atoms with Crippen LogP contribution in [0.2, 0.25) is 0 Å². The zero-order valence-electron chi connectivity index (χ0n) is 24.1. The van der Waals surface area contributed by atoms with Crippen LogP contribution in [0.5, 0.6) is 11.5 Å². The summed E-state index contributed by atoms with van der Waals surface area (Å²) in [4.78, 5) is 37.2. The van der Waals surface area contributed by atoms with Gasteiger partial charge in [0.25, 0.3) is 0 Å². The number of aldehydes is 1. The highest BCUT2D eigenvalue weighted by molar-refractivity contribution is 5.98. The van der Waals surface area contributed by atoms with Crippen molar-refractivity contribution in [3.05, 3.63) is 83.4 Å². The Bertz CT molecular complexity index is 1490. The molecule has 0 radical (unpaired) electrons. The lowest BCUT2D eigenvalue weighted by atomic mass is 10.0. The predicted octanol–water partition coefficient (Wildman–Crippen LogP) is 3.14. The number of amidine groups is 2. The highest BCUT2D eigenvalue weighted by Crippen LogP contribution is 2.32. The minimum absolute atomic E-state index is 0.0575. The van der Waals surface area contributed by atoms with Gasteiger partial charge >= 0.3 is 0 Å². The van der Waals surface area contributed by atoms with E-state index >= 15 is 0 Å². The average Bonchev–Trinajstić information content (AvgIpc) is 3.44. The lowest BCUT2D eigenvalue weighted by molar-refractivity contribution is -0.128. The van der Waals surface area contributed by atoms with Crippen LogP contribution in [0.1, 0.15) is 40.4 Å². The molecule has 1 aliphatic rings. The van der Waals surface area contributed by atoms with Gasteiger partial charge in [0, 0.05) is 36.8 Å². The Balaban J connectivity index is 1.68. The molecule has 12 heteroatoms. The summed E-state index contributed by atoms with van der Waals surface area (Å²) in [5.74, 6) is 1.26. The molecule has 1 aliphatic heterocycles. The van der Waals surface area contributed by atoms with E-state index in [9.17, 15) is 14.4 Å². The number of methoxy groups -OCH3 is 1. The van der Waals surface area contributed by atoms with Crippen LogP contribution in [0.15, 0.2) is 71.8 Å². The lowest BCUT2D eigenvalue weighted by Crippen LogP contribution is -2.35. The maximum Gasteiger partial charge on any atom is 0.222 e. The molecule has 5 N–H and O–H groups in total. The van der Waals surface area contributed by atoms with Gasteiger partial charge in [-0.05, 0) is 60.5 Å². The molecule has 4 rings (SSSR count). The number of hydrogen-bond donors (Lipinski definition) is 4. The van der Waals surface area contributed by atoms with Crippen LogP contribution < -0.4 is 30.8 Å². The molecule has 0 bridgehead atoms. The van der Waals surface area contributed by atoms with E-state index in [0.717, 1.165) is 19.3 Å². The Morgan fingerprint density at radius 2 is 1.91 bits per heavy atom. The van der Waals surface area contributed by atoms with Crippen LogP contribution in [-0.4, -0.2) is 69.0 Å². The van der Waals surface area contributed by atoms with Crippen molar-refractivity contribution < 1.29 is 23.9 Å². The molecule has 0 aromatic heterocycles. The molecule has 1 saturated heterocycles. The van der Waals surface area contributed by atoms with Gasteiger partial charge in [0.05, 0.1) is 19.3 Å². The van der Waals surface area contributed by atoms with Gasteiger partial charge in [0.2, 0.25) is 12.3 Å². The van der Waals surface area contributed by atoms with E-state index in [4.69, 9.17) is 20.6 Å². The van der Waals surface area contributed by atoms with Crippen molar-refractivity contribution >= 4 is 41.6 Å². The SMILES string of the molecule is COc1cc(C(Nc2ccc(C(=N)N)cc2)/C(=N/N(C)c2ccccc2C=O)NC=O)ccc1OCCN1CCCC1=O. The maximum absolute atomic E-state index is 11.9. The Hall–Kier alpha value is -5.39. The fraction of sp³-hybridized carbons (Fsp3) is 0.258. The number of para-hydroxylation sites is 1. The molecular formula is C31H35N7O5. The minimum atomic E-state index is -0.704. The molecule has 3 aromatic carbocycles. The lowest BCUT2D eigenvalue weighted by Gasteiger charge is -2.25. The average molecular weight is 586 g/mol. The van der Waals surface area contributed by atoms with Crippen molar-refractivity contribution in [2.45, 2.75) is 18.9 Å². The number of likely N-dealkylation sites (tertiary alicyclic amines) is 1. The Morgan fingerprint density at radius 3 is 2.56 bits per heavy atom. The fourth-order valence-electron chi connectivity index (χ4n) is 4.74. The molecule has 1 fully saturated rings. The van der Waals surface area contributed by atoms with Gasteiger partial charge in [-0.15, -0.1) is 0 Å². The third-order valence-corrected chi connectivity index (χ3v) is 6.97. The number of nitrogens with two attached hydrogens (primary N) is 1. The van der Waals surface area contributed by atoms with Gasteiger partial charge in [-0.3, -0.25) is 24.8 Å². The normalized spacial score (nSPS) is 13.7. The Kier molecular flexibility index (Phi) is 10.3. The topological polar surface area (TPSA) is 162 Å². The van der Waals surface area contributed by atoms with E-state index in [1.807, 2.05) is 6.07 Å². The molecular weight excluding hydrogens is 550 g/mol. The number of nitrogens with one attached hydrogen (secondary N) is 3. The van der Waals surface area contributed by atoms with Crippen molar-refractivity contribution in [2.24, 2.45) is 10.8 Å². The largest absolute Gasteiger partial charge is 0.493 e. The van der Waals surface area contributed by atoms with Crippen LogP contribution in [0.3, 0.4) is 0 Å². The first-order valence-corrected chi connectivity index (χ1v) is 13.7. The van der Waals surface area contributed by atoms with Gasteiger partial charge in [0.15, 0.2) is 23.6 Å². The van der Waals surface area contributed by atoms with E-state index < -0.39 is 6.04 Å². The van der Waals surface area contributed by atoms with Crippen LogP contribution >= 0.6 is 0 Å². The molecule has 3 aromatic rings. The first-order chi connectivity index (χ1) is 20.8. The third kappa shape index (κ3) is 7.67. The third-order valence-electron chi connectivity index (χ3n) is 6.97. The molecule has 224 valence electrons.